The van der Waals surface area contributed by atoms with Gasteiger partial charge in [-0.25, -0.2) is 9.59 Å². The van der Waals surface area contributed by atoms with Crippen molar-refractivity contribution in [2.45, 2.75) is 108 Å². The van der Waals surface area contributed by atoms with Gasteiger partial charge in [0.2, 0.25) is 0 Å². The Kier molecular flexibility index (Phi) is 11.3. The number of likely N-dealkylation sites (tertiary alicyclic amines) is 2. The molecule has 0 bridgehead atoms. The second-order valence-electron chi connectivity index (χ2n) is 13.4. The first-order chi connectivity index (χ1) is 23.2. The van der Waals surface area contributed by atoms with Crippen molar-refractivity contribution in [3.8, 4) is 5.75 Å². The molecule has 3 heterocycles. The van der Waals surface area contributed by atoms with Crippen molar-refractivity contribution in [2.24, 2.45) is 0 Å². The van der Waals surface area contributed by atoms with Crippen LogP contribution in [0.3, 0.4) is 0 Å². The van der Waals surface area contributed by atoms with Crippen molar-refractivity contribution in [3.05, 3.63) is 64.2 Å². The number of nitrogens with zero attached hydrogens (tertiary/aromatic N) is 2. The van der Waals surface area contributed by atoms with Gasteiger partial charge in [0.1, 0.15) is 30.7 Å². The minimum atomic E-state index is -1.44. The molecular weight excluding hydrogens is 640 g/mol. The van der Waals surface area contributed by atoms with Gasteiger partial charge in [0.05, 0.1) is 19.3 Å². The first-order valence-corrected chi connectivity index (χ1v) is 17.6. The maximum Gasteiger partial charge on any atom is 0.410 e. The molecule has 1 saturated carbocycles. The standard InChI is InChI=1S/C36H47ClN2O9/c1-22-5-3-15-38(22)35(42)47-33-31(41)30(21-40)46-32(34(33)48-36(43)39-16-4-6-23(39)2)25-9-14-29(37)26(20-25)19-24-7-10-27(11-8-24)44-17-18-45-28-12-13-28/h7-11,14,20,22-23,28,30-34,40-41H,3-6,12-13,15-19,21H2,1-2H3/t22-,23-,30-,31-,32+,33+,34+/m1/s1. The van der Waals surface area contributed by atoms with Crippen molar-refractivity contribution < 1.29 is 43.5 Å². The van der Waals surface area contributed by atoms with Gasteiger partial charge in [-0.05, 0) is 93.7 Å². The lowest BCUT2D eigenvalue weighted by Crippen LogP contribution is -2.59. The lowest BCUT2D eigenvalue weighted by molar-refractivity contribution is -0.233. The molecule has 0 aromatic heterocycles. The summed E-state index contributed by atoms with van der Waals surface area (Å²) in [6.45, 7) is 5.50. The third kappa shape index (κ3) is 8.19. The van der Waals surface area contributed by atoms with Crippen molar-refractivity contribution in [3.63, 3.8) is 0 Å². The van der Waals surface area contributed by atoms with E-state index in [1.54, 1.807) is 21.9 Å². The number of ether oxygens (including phenoxy) is 5. The number of carbonyl (C=O) groups excluding carboxylic acids is 2. The Balaban J connectivity index is 1.23. The highest BCUT2D eigenvalue weighted by atomic mass is 35.5. The molecular formula is C36H47ClN2O9. The Labute approximate surface area is 287 Å². The van der Waals surface area contributed by atoms with Gasteiger partial charge in [-0.3, -0.25) is 0 Å². The Hall–Kier alpha value is -3.09. The fraction of sp³-hybridized carbons (Fsp3) is 0.611. The Morgan fingerprint density at radius 2 is 1.54 bits per heavy atom. The molecule has 2 aromatic carbocycles. The average molecular weight is 687 g/mol. The molecule has 11 nitrogen and oxygen atoms in total. The average Bonchev–Trinajstić information content (AvgIpc) is 3.64. The van der Waals surface area contributed by atoms with Gasteiger partial charge in [-0.2, -0.15) is 0 Å². The molecule has 2 N–H and O–H groups in total. The second kappa shape index (κ2) is 15.6. The zero-order valence-electron chi connectivity index (χ0n) is 27.7. The summed E-state index contributed by atoms with van der Waals surface area (Å²) in [5.41, 5.74) is 2.41. The van der Waals surface area contributed by atoms with Crippen LogP contribution in [-0.4, -0.2) is 108 Å². The first kappa shape index (κ1) is 34.8. The number of carbonyl (C=O) groups is 2. The first-order valence-electron chi connectivity index (χ1n) is 17.2. The molecule has 6 rings (SSSR count). The highest BCUT2D eigenvalue weighted by Gasteiger charge is 2.51. The summed E-state index contributed by atoms with van der Waals surface area (Å²) in [7, 11) is 0. The minimum absolute atomic E-state index is 0.0166. The Morgan fingerprint density at radius 1 is 0.896 bits per heavy atom. The summed E-state index contributed by atoms with van der Waals surface area (Å²) in [5, 5.41) is 22.1. The minimum Gasteiger partial charge on any atom is -0.491 e. The number of halogens is 1. The molecule has 3 aliphatic heterocycles. The van der Waals surface area contributed by atoms with E-state index in [1.807, 2.05) is 44.2 Å². The molecule has 0 radical (unpaired) electrons. The number of hydrogen-bond acceptors (Lipinski definition) is 9. The molecule has 1 aliphatic carbocycles. The summed E-state index contributed by atoms with van der Waals surface area (Å²) >= 11 is 6.69. The Morgan fingerprint density at radius 3 is 2.12 bits per heavy atom. The van der Waals surface area contributed by atoms with Gasteiger partial charge in [0, 0.05) is 30.2 Å². The normalized spacial score (nSPS) is 28.8. The topological polar surface area (TPSA) is 127 Å². The van der Waals surface area contributed by atoms with Crippen LogP contribution in [0.2, 0.25) is 5.02 Å². The van der Waals surface area contributed by atoms with E-state index in [2.05, 4.69) is 0 Å². The smallest absolute Gasteiger partial charge is 0.410 e. The zero-order chi connectivity index (χ0) is 33.8. The van der Waals surface area contributed by atoms with Crippen molar-refractivity contribution in [1.82, 2.24) is 9.80 Å². The van der Waals surface area contributed by atoms with Gasteiger partial charge in [0.15, 0.2) is 12.2 Å². The highest BCUT2D eigenvalue weighted by molar-refractivity contribution is 6.31. The molecule has 2 amide bonds. The van der Waals surface area contributed by atoms with Gasteiger partial charge in [-0.15, -0.1) is 0 Å². The van der Waals surface area contributed by atoms with Crippen molar-refractivity contribution in [1.29, 1.82) is 0 Å². The molecule has 4 fully saturated rings. The number of hydrogen-bond donors (Lipinski definition) is 2. The lowest BCUT2D eigenvalue weighted by atomic mass is 9.89. The van der Waals surface area contributed by atoms with Gasteiger partial charge in [0.25, 0.3) is 0 Å². The van der Waals surface area contributed by atoms with E-state index < -0.39 is 49.3 Å². The summed E-state index contributed by atoms with van der Waals surface area (Å²) in [5.74, 6) is 0.753. The van der Waals surface area contributed by atoms with Crippen LogP contribution in [0.15, 0.2) is 42.5 Å². The third-order valence-electron chi connectivity index (χ3n) is 9.84. The zero-order valence-corrected chi connectivity index (χ0v) is 28.4. The van der Waals surface area contributed by atoms with E-state index in [0.717, 1.165) is 55.4 Å². The van der Waals surface area contributed by atoms with Gasteiger partial charge in [-0.1, -0.05) is 35.9 Å². The van der Waals surface area contributed by atoms with E-state index in [9.17, 15) is 19.8 Å². The SMILES string of the molecule is C[C@@H]1CCCN1C(=O)O[C@@H]1[C@@H](OC(=O)N2CCC[C@H]2C)[C@H](O)[C@@H](CO)O[C@H]1c1ccc(Cl)c(Cc2ccc(OCCOC3CC3)cc2)c1. The van der Waals surface area contributed by atoms with E-state index in [4.69, 9.17) is 35.3 Å². The fourth-order valence-electron chi connectivity index (χ4n) is 6.83. The Bertz CT molecular complexity index is 1410. The number of rotatable bonds is 11. The monoisotopic (exact) mass is 686 g/mol. The number of aliphatic hydroxyl groups is 2. The molecule has 48 heavy (non-hydrogen) atoms. The van der Waals surface area contributed by atoms with E-state index in [0.29, 0.717) is 49.4 Å². The van der Waals surface area contributed by atoms with Crippen LogP contribution in [0.25, 0.3) is 0 Å². The predicted octanol–water partition coefficient (Wildman–Crippen LogP) is 5.26. The number of amides is 2. The van der Waals surface area contributed by atoms with Crippen LogP contribution in [0.1, 0.15) is 75.2 Å². The second-order valence-corrected chi connectivity index (χ2v) is 13.8. The number of benzene rings is 2. The van der Waals surface area contributed by atoms with E-state index >= 15 is 0 Å². The molecule has 7 atom stereocenters. The number of aliphatic hydroxyl groups excluding tert-OH is 2. The van der Waals surface area contributed by atoms with Crippen LogP contribution in [0.5, 0.6) is 5.75 Å². The van der Waals surface area contributed by atoms with Crippen LogP contribution in [0, 0.1) is 0 Å². The largest absolute Gasteiger partial charge is 0.491 e. The molecule has 12 heteroatoms. The summed E-state index contributed by atoms with van der Waals surface area (Å²) in [6.07, 6.45) is -0.604. The molecule has 3 saturated heterocycles. The maximum atomic E-state index is 13.5. The van der Waals surface area contributed by atoms with Gasteiger partial charge < -0.3 is 43.7 Å². The maximum absolute atomic E-state index is 13.5. The molecule has 2 aromatic rings. The van der Waals surface area contributed by atoms with Crippen molar-refractivity contribution >= 4 is 23.8 Å². The summed E-state index contributed by atoms with van der Waals surface area (Å²) in [4.78, 5) is 30.2. The van der Waals surface area contributed by atoms with Crippen LogP contribution >= 0.6 is 11.6 Å². The van der Waals surface area contributed by atoms with E-state index in [1.165, 1.54) is 0 Å². The van der Waals surface area contributed by atoms with Gasteiger partial charge >= 0.3 is 12.2 Å². The summed E-state index contributed by atoms with van der Waals surface area (Å²) < 4.78 is 29.8. The van der Waals surface area contributed by atoms with Crippen LogP contribution < -0.4 is 4.74 Å². The highest BCUT2D eigenvalue weighted by Crippen LogP contribution is 2.39. The quantitative estimate of drug-likeness (QED) is 0.304. The predicted molar refractivity (Wildman–Crippen MR) is 177 cm³/mol. The fourth-order valence-corrected chi connectivity index (χ4v) is 7.01. The lowest BCUT2D eigenvalue weighted by Gasteiger charge is -2.44. The van der Waals surface area contributed by atoms with Crippen molar-refractivity contribution in [2.75, 3.05) is 32.9 Å². The van der Waals surface area contributed by atoms with E-state index in [-0.39, 0.29) is 12.1 Å². The molecule has 0 spiro atoms. The summed E-state index contributed by atoms with van der Waals surface area (Å²) in [6, 6.07) is 13.1. The van der Waals surface area contributed by atoms with Crippen LogP contribution in [0.4, 0.5) is 9.59 Å². The molecule has 262 valence electrons. The molecule has 4 aliphatic rings. The van der Waals surface area contributed by atoms with Crippen LogP contribution in [-0.2, 0) is 25.4 Å². The molecule has 0 unspecified atom stereocenters. The third-order valence-corrected chi connectivity index (χ3v) is 10.2.